The van der Waals surface area contributed by atoms with Crippen molar-refractivity contribution in [1.29, 1.82) is 0 Å². The van der Waals surface area contributed by atoms with Crippen LogP contribution in [0.5, 0.6) is 0 Å². The fourth-order valence-corrected chi connectivity index (χ4v) is 7.65. The summed E-state index contributed by atoms with van der Waals surface area (Å²) in [6.07, 6.45) is 13.9. The van der Waals surface area contributed by atoms with Crippen LogP contribution in [-0.2, 0) is 36.8 Å². The zero-order valence-electron chi connectivity index (χ0n) is 27.6. The average molecular weight is 650 g/mol. The van der Waals surface area contributed by atoms with Gasteiger partial charge in [0.15, 0.2) is 5.78 Å². The summed E-state index contributed by atoms with van der Waals surface area (Å²) < 4.78 is 0. The molecular weight excluding hydrogens is 598 g/mol. The maximum absolute atomic E-state index is 13.7. The van der Waals surface area contributed by atoms with Gasteiger partial charge in [0, 0.05) is 12.5 Å². The molecule has 5 N–H and O–H groups in total. The van der Waals surface area contributed by atoms with Crippen molar-refractivity contribution in [3.8, 4) is 0 Å². The number of aldehydes is 1. The van der Waals surface area contributed by atoms with E-state index >= 15 is 0 Å². The third-order valence-electron chi connectivity index (χ3n) is 10.7. The van der Waals surface area contributed by atoms with Gasteiger partial charge in [-0.1, -0.05) is 56.4 Å². The fourth-order valence-electron chi connectivity index (χ4n) is 7.65. The standard InChI is InChI=1S/C28H37N3O4.C8H14N2O2/c32-17-23-11-6-14-31(23)27(34)25(22-15-20-9-4-5-10-21(20)16-22)30-28(35)29-24(26(33)19-12-13-19)18-7-2-1-3-8-18;1-10-6(4-5-2-3-5)7(11)8(9)12/h4-5,9-10,17-19,22-25H,1-3,6-8,11-16H2,(H2,29,30,35);5-6,10H,2-4H2,1H3,(H2,9,12). The molecule has 1 aromatic rings. The Balaban J connectivity index is 0.000000305. The molecular formula is C36H51N5O6. The van der Waals surface area contributed by atoms with Gasteiger partial charge in [-0.05, 0) is 93.7 Å². The lowest BCUT2D eigenvalue weighted by Gasteiger charge is -2.33. The highest BCUT2D eigenvalue weighted by Crippen LogP contribution is 2.36. The van der Waals surface area contributed by atoms with Crippen LogP contribution in [0.25, 0.3) is 0 Å². The van der Waals surface area contributed by atoms with E-state index in [1.54, 1.807) is 11.9 Å². The van der Waals surface area contributed by atoms with Crippen LogP contribution in [0.4, 0.5) is 4.79 Å². The molecule has 256 valence electrons. The minimum absolute atomic E-state index is 0.0712. The van der Waals surface area contributed by atoms with E-state index < -0.39 is 35.8 Å². The minimum atomic E-state index is -0.838. The van der Waals surface area contributed by atoms with E-state index in [0.717, 1.165) is 57.7 Å². The number of nitrogens with zero attached hydrogens (tertiary/aromatic N) is 1. The highest BCUT2D eigenvalue weighted by Gasteiger charge is 2.42. The number of Topliss-reactive ketones (excluding diaryl/α,β-unsaturated/α-hetero) is 2. The van der Waals surface area contributed by atoms with Crippen molar-refractivity contribution in [2.24, 2.45) is 29.4 Å². The largest absolute Gasteiger partial charge is 0.363 e. The van der Waals surface area contributed by atoms with Crippen LogP contribution >= 0.6 is 0 Å². The van der Waals surface area contributed by atoms with Crippen LogP contribution in [0.3, 0.4) is 0 Å². The summed E-state index contributed by atoms with van der Waals surface area (Å²) in [5, 5.41) is 8.81. The molecule has 4 amide bonds. The molecule has 1 heterocycles. The fraction of sp³-hybridized carbons (Fsp3) is 0.667. The maximum Gasteiger partial charge on any atom is 0.316 e. The second kappa shape index (κ2) is 16.0. The van der Waals surface area contributed by atoms with Crippen molar-refractivity contribution in [2.75, 3.05) is 13.6 Å². The Kier molecular flexibility index (Phi) is 11.8. The van der Waals surface area contributed by atoms with E-state index in [2.05, 4.69) is 28.1 Å². The third kappa shape index (κ3) is 9.06. The molecule has 0 bridgehead atoms. The van der Waals surface area contributed by atoms with Gasteiger partial charge in [-0.3, -0.25) is 19.2 Å². The second-order valence-corrected chi connectivity index (χ2v) is 14.2. The lowest BCUT2D eigenvalue weighted by atomic mass is 9.81. The Hall–Kier alpha value is -3.60. The minimum Gasteiger partial charge on any atom is -0.363 e. The number of carbonyl (C=O) groups is 6. The number of likely N-dealkylation sites (tertiary alicyclic amines) is 1. The van der Waals surface area contributed by atoms with Crippen molar-refractivity contribution >= 4 is 35.7 Å². The molecule has 1 aromatic carbocycles. The number of hydrogen-bond donors (Lipinski definition) is 4. The number of likely N-dealkylation sites (N-methyl/N-ethyl adjacent to an activating group) is 1. The third-order valence-corrected chi connectivity index (χ3v) is 10.7. The summed E-state index contributed by atoms with van der Waals surface area (Å²) in [7, 11) is 1.67. The highest BCUT2D eigenvalue weighted by molar-refractivity contribution is 6.37. The van der Waals surface area contributed by atoms with Gasteiger partial charge < -0.3 is 31.4 Å². The van der Waals surface area contributed by atoms with E-state index in [9.17, 15) is 28.8 Å². The van der Waals surface area contributed by atoms with Crippen molar-refractivity contribution in [3.05, 3.63) is 35.4 Å². The molecule has 4 atom stereocenters. The predicted molar refractivity (Wildman–Crippen MR) is 176 cm³/mol. The zero-order chi connectivity index (χ0) is 33.5. The number of nitrogens with two attached hydrogens (primary N) is 1. The van der Waals surface area contributed by atoms with Gasteiger partial charge in [0.1, 0.15) is 12.3 Å². The topological polar surface area (TPSA) is 168 Å². The van der Waals surface area contributed by atoms with Gasteiger partial charge in [0.25, 0.3) is 5.91 Å². The zero-order valence-corrected chi connectivity index (χ0v) is 27.6. The van der Waals surface area contributed by atoms with Gasteiger partial charge in [-0.25, -0.2) is 4.79 Å². The quantitative estimate of drug-likeness (QED) is 0.188. The highest BCUT2D eigenvalue weighted by atomic mass is 16.2. The van der Waals surface area contributed by atoms with E-state index in [0.29, 0.717) is 31.7 Å². The predicted octanol–water partition coefficient (Wildman–Crippen LogP) is 2.62. The Bertz CT molecular complexity index is 1300. The van der Waals surface area contributed by atoms with Crippen LogP contribution in [0.1, 0.15) is 88.2 Å². The number of fused-ring (bicyclic) bond motifs is 1. The first-order chi connectivity index (χ1) is 22.7. The summed E-state index contributed by atoms with van der Waals surface area (Å²) in [4.78, 5) is 75.0. The van der Waals surface area contributed by atoms with Gasteiger partial charge in [-0.15, -0.1) is 0 Å². The lowest BCUT2D eigenvalue weighted by Crippen LogP contribution is -2.58. The smallest absolute Gasteiger partial charge is 0.316 e. The molecule has 47 heavy (non-hydrogen) atoms. The summed E-state index contributed by atoms with van der Waals surface area (Å²) in [5.74, 6) is -0.581. The monoisotopic (exact) mass is 649 g/mol. The van der Waals surface area contributed by atoms with Crippen LogP contribution in [0, 0.1) is 23.7 Å². The van der Waals surface area contributed by atoms with Crippen LogP contribution < -0.4 is 21.7 Å². The average Bonchev–Trinajstić information content (AvgIpc) is 4.01. The van der Waals surface area contributed by atoms with Crippen LogP contribution in [0.15, 0.2) is 24.3 Å². The van der Waals surface area contributed by atoms with Crippen LogP contribution in [-0.4, -0.2) is 78.4 Å². The van der Waals surface area contributed by atoms with Gasteiger partial charge in [0.2, 0.25) is 11.7 Å². The number of primary amides is 1. The molecule has 1 aliphatic heterocycles. The summed E-state index contributed by atoms with van der Waals surface area (Å²) in [6.45, 7) is 0.534. The van der Waals surface area contributed by atoms with Gasteiger partial charge >= 0.3 is 6.03 Å². The normalized spacial score (nSPS) is 23.0. The van der Waals surface area contributed by atoms with Crippen molar-refractivity contribution in [2.45, 2.75) is 114 Å². The number of benzene rings is 1. The number of nitrogens with one attached hydrogen (secondary N) is 3. The van der Waals surface area contributed by atoms with Crippen molar-refractivity contribution < 1.29 is 28.8 Å². The molecule has 1 saturated heterocycles. The van der Waals surface area contributed by atoms with Crippen molar-refractivity contribution in [3.63, 3.8) is 0 Å². The molecule has 6 rings (SSSR count). The van der Waals surface area contributed by atoms with Gasteiger partial charge in [0.05, 0.1) is 18.1 Å². The molecule has 11 nitrogen and oxygen atoms in total. The van der Waals surface area contributed by atoms with Crippen molar-refractivity contribution in [1.82, 2.24) is 20.9 Å². The first kappa shape index (κ1) is 34.7. The van der Waals surface area contributed by atoms with Crippen LogP contribution in [0.2, 0.25) is 0 Å². The molecule has 0 spiro atoms. The lowest BCUT2D eigenvalue weighted by molar-refractivity contribution is -0.137. The summed E-state index contributed by atoms with van der Waals surface area (Å²) in [6, 6.07) is 5.72. The molecule has 11 heteroatoms. The van der Waals surface area contributed by atoms with Gasteiger partial charge in [-0.2, -0.15) is 0 Å². The second-order valence-electron chi connectivity index (χ2n) is 14.2. The number of amides is 4. The summed E-state index contributed by atoms with van der Waals surface area (Å²) in [5.41, 5.74) is 7.29. The molecule has 0 radical (unpaired) electrons. The van der Waals surface area contributed by atoms with E-state index in [1.165, 1.54) is 30.4 Å². The van der Waals surface area contributed by atoms with E-state index in [-0.39, 0.29) is 35.5 Å². The Morgan fingerprint density at radius 1 is 0.851 bits per heavy atom. The number of ketones is 2. The molecule has 4 fully saturated rings. The molecule has 4 unspecified atom stereocenters. The Morgan fingerprint density at radius 2 is 1.49 bits per heavy atom. The molecule has 5 aliphatic rings. The number of hydrogen-bond acceptors (Lipinski definition) is 7. The molecule has 0 aromatic heterocycles. The van der Waals surface area contributed by atoms with E-state index in [1.807, 2.05) is 12.1 Å². The Morgan fingerprint density at radius 3 is 2.04 bits per heavy atom. The SMILES string of the molecule is CNC(CC1CC1)C(=O)C(N)=O.O=CC1CCCN1C(=O)C(NC(=O)NC(C(=O)C1CC1)C1CCCCC1)C1Cc2ccccc2C1. The number of urea groups is 1. The first-order valence-corrected chi connectivity index (χ1v) is 17.6. The first-order valence-electron chi connectivity index (χ1n) is 17.6. The maximum atomic E-state index is 13.7. The number of carbonyl (C=O) groups excluding carboxylic acids is 6. The molecule has 4 aliphatic carbocycles. The number of rotatable bonds is 13. The molecule has 3 saturated carbocycles. The summed E-state index contributed by atoms with van der Waals surface area (Å²) >= 11 is 0. The Labute approximate surface area is 277 Å². The van der Waals surface area contributed by atoms with E-state index in [4.69, 9.17) is 5.73 Å².